The first-order valence-corrected chi connectivity index (χ1v) is 8.70. The van der Waals surface area contributed by atoms with Gasteiger partial charge in [0.15, 0.2) is 5.96 Å². The van der Waals surface area contributed by atoms with E-state index in [9.17, 15) is 4.79 Å². The molecule has 1 aliphatic carbocycles. The summed E-state index contributed by atoms with van der Waals surface area (Å²) in [4.78, 5) is 16.1. The number of amides is 1. The lowest BCUT2D eigenvalue weighted by atomic mass is 10.3. The average Bonchev–Trinajstić information content (AvgIpc) is 3.42. The summed E-state index contributed by atoms with van der Waals surface area (Å²) in [7, 11) is 0. The van der Waals surface area contributed by atoms with Crippen LogP contribution in [0.3, 0.4) is 0 Å². The first kappa shape index (κ1) is 18.1. The Kier molecular flexibility index (Phi) is 7.39. The Hall–Kier alpha value is -2.24. The SMILES string of the molecule is CCNC(=NCC(C)Oc1ccccc1)NCCNC(=O)C1CC1. The molecule has 0 radical (unpaired) electrons. The number of carbonyl (C=O) groups excluding carboxylic acids is 1. The van der Waals surface area contributed by atoms with Crippen LogP contribution in [0.4, 0.5) is 0 Å². The van der Waals surface area contributed by atoms with E-state index in [4.69, 9.17) is 4.74 Å². The van der Waals surface area contributed by atoms with Crippen molar-refractivity contribution in [2.75, 3.05) is 26.2 Å². The first-order valence-electron chi connectivity index (χ1n) is 8.70. The lowest BCUT2D eigenvalue weighted by Crippen LogP contribution is -2.42. The lowest BCUT2D eigenvalue weighted by Gasteiger charge is -2.15. The number of nitrogens with zero attached hydrogens (tertiary/aromatic N) is 1. The zero-order chi connectivity index (χ0) is 17.2. The summed E-state index contributed by atoms with van der Waals surface area (Å²) >= 11 is 0. The number of hydrogen-bond donors (Lipinski definition) is 3. The van der Waals surface area contributed by atoms with Crippen molar-refractivity contribution >= 4 is 11.9 Å². The van der Waals surface area contributed by atoms with Crippen LogP contribution in [-0.2, 0) is 4.79 Å². The zero-order valence-electron chi connectivity index (χ0n) is 14.5. The molecule has 1 saturated carbocycles. The third-order valence-corrected chi connectivity index (χ3v) is 3.60. The van der Waals surface area contributed by atoms with Crippen LogP contribution >= 0.6 is 0 Å². The quantitative estimate of drug-likeness (QED) is 0.364. The summed E-state index contributed by atoms with van der Waals surface area (Å²) in [6.45, 7) is 6.62. The second-order valence-electron chi connectivity index (χ2n) is 5.95. The summed E-state index contributed by atoms with van der Waals surface area (Å²) < 4.78 is 5.81. The molecule has 0 saturated heterocycles. The summed E-state index contributed by atoms with van der Waals surface area (Å²) in [5.74, 6) is 2.01. The highest BCUT2D eigenvalue weighted by atomic mass is 16.5. The Labute approximate surface area is 144 Å². The van der Waals surface area contributed by atoms with E-state index in [-0.39, 0.29) is 17.9 Å². The second kappa shape index (κ2) is 9.80. The van der Waals surface area contributed by atoms with E-state index in [1.54, 1.807) is 0 Å². The molecular formula is C18H28N4O2. The van der Waals surface area contributed by atoms with Crippen LogP contribution in [-0.4, -0.2) is 44.1 Å². The molecule has 1 aliphatic rings. The van der Waals surface area contributed by atoms with Crippen LogP contribution in [0.25, 0.3) is 0 Å². The smallest absolute Gasteiger partial charge is 0.223 e. The maximum Gasteiger partial charge on any atom is 0.223 e. The highest BCUT2D eigenvalue weighted by Crippen LogP contribution is 2.28. The van der Waals surface area contributed by atoms with Crippen LogP contribution < -0.4 is 20.7 Å². The van der Waals surface area contributed by atoms with Gasteiger partial charge in [0.25, 0.3) is 0 Å². The third kappa shape index (κ3) is 6.89. The van der Waals surface area contributed by atoms with Gasteiger partial charge in [-0.1, -0.05) is 18.2 Å². The van der Waals surface area contributed by atoms with Crippen molar-refractivity contribution < 1.29 is 9.53 Å². The van der Waals surface area contributed by atoms with Crippen molar-refractivity contribution in [2.45, 2.75) is 32.8 Å². The summed E-state index contributed by atoms with van der Waals surface area (Å²) in [6, 6.07) is 9.74. The Morgan fingerprint density at radius 1 is 1.21 bits per heavy atom. The second-order valence-corrected chi connectivity index (χ2v) is 5.95. The standard InChI is InChI=1S/C18H28N4O2/c1-3-19-18(21-12-11-20-17(23)15-9-10-15)22-13-14(2)24-16-7-5-4-6-8-16/h4-8,14-15H,3,9-13H2,1-2H3,(H,20,23)(H2,19,21,22). The van der Waals surface area contributed by atoms with E-state index >= 15 is 0 Å². The van der Waals surface area contributed by atoms with Crippen LogP contribution in [0, 0.1) is 5.92 Å². The number of ether oxygens (including phenoxy) is 1. The fourth-order valence-electron chi connectivity index (χ4n) is 2.19. The van der Waals surface area contributed by atoms with Gasteiger partial charge in [0.1, 0.15) is 11.9 Å². The molecule has 3 N–H and O–H groups in total. The normalized spacial score (nSPS) is 15.5. The Morgan fingerprint density at radius 2 is 1.92 bits per heavy atom. The molecule has 0 heterocycles. The molecule has 6 heteroatoms. The van der Waals surface area contributed by atoms with Gasteiger partial charge in [-0.3, -0.25) is 4.79 Å². The molecular weight excluding hydrogens is 304 g/mol. The van der Waals surface area contributed by atoms with E-state index in [1.807, 2.05) is 44.2 Å². The number of carbonyl (C=O) groups is 1. The van der Waals surface area contributed by atoms with Crippen LogP contribution in [0.1, 0.15) is 26.7 Å². The molecule has 0 spiro atoms. The minimum absolute atomic E-state index is 0.0163. The molecule has 1 fully saturated rings. The minimum Gasteiger partial charge on any atom is -0.489 e. The third-order valence-electron chi connectivity index (χ3n) is 3.60. The first-order chi connectivity index (χ1) is 11.7. The predicted molar refractivity (Wildman–Crippen MR) is 96.2 cm³/mol. The fourth-order valence-corrected chi connectivity index (χ4v) is 2.19. The number of nitrogens with one attached hydrogen (secondary N) is 3. The molecule has 0 bridgehead atoms. The molecule has 6 nitrogen and oxygen atoms in total. The topological polar surface area (TPSA) is 74.8 Å². The van der Waals surface area contributed by atoms with E-state index < -0.39 is 0 Å². The van der Waals surface area contributed by atoms with Crippen molar-refractivity contribution in [1.29, 1.82) is 0 Å². The summed E-state index contributed by atoms with van der Waals surface area (Å²) in [5, 5.41) is 9.35. The summed E-state index contributed by atoms with van der Waals surface area (Å²) in [6.07, 6.45) is 2.04. The molecule has 1 aromatic carbocycles. The lowest BCUT2D eigenvalue weighted by molar-refractivity contribution is -0.122. The molecule has 132 valence electrons. The van der Waals surface area contributed by atoms with Gasteiger partial charge < -0.3 is 20.7 Å². The highest BCUT2D eigenvalue weighted by Gasteiger charge is 2.28. The number of aliphatic imine (C=N–C) groups is 1. The van der Waals surface area contributed by atoms with Gasteiger partial charge >= 0.3 is 0 Å². The van der Waals surface area contributed by atoms with E-state index in [1.165, 1.54) is 0 Å². The maximum atomic E-state index is 11.6. The van der Waals surface area contributed by atoms with Gasteiger partial charge in [-0.2, -0.15) is 0 Å². The van der Waals surface area contributed by atoms with Gasteiger partial charge in [-0.25, -0.2) is 4.99 Å². The van der Waals surface area contributed by atoms with Crippen LogP contribution in [0.5, 0.6) is 5.75 Å². The van der Waals surface area contributed by atoms with Crippen LogP contribution in [0.2, 0.25) is 0 Å². The Bertz CT molecular complexity index is 529. The number of benzene rings is 1. The minimum atomic E-state index is -0.0163. The zero-order valence-corrected chi connectivity index (χ0v) is 14.5. The Balaban J connectivity index is 1.69. The van der Waals surface area contributed by atoms with Crippen molar-refractivity contribution in [3.8, 4) is 5.75 Å². The molecule has 1 amide bonds. The molecule has 1 unspecified atom stereocenters. The number of guanidine groups is 1. The fraction of sp³-hybridized carbons (Fsp3) is 0.556. The average molecular weight is 332 g/mol. The molecule has 24 heavy (non-hydrogen) atoms. The summed E-state index contributed by atoms with van der Waals surface area (Å²) in [5.41, 5.74) is 0. The van der Waals surface area contributed by atoms with Gasteiger partial charge in [-0.15, -0.1) is 0 Å². The van der Waals surface area contributed by atoms with Gasteiger partial charge in [0, 0.05) is 25.6 Å². The number of hydrogen-bond acceptors (Lipinski definition) is 3. The molecule has 0 aliphatic heterocycles. The van der Waals surface area contributed by atoms with Crippen molar-refractivity contribution in [1.82, 2.24) is 16.0 Å². The monoisotopic (exact) mass is 332 g/mol. The maximum absolute atomic E-state index is 11.6. The van der Waals surface area contributed by atoms with E-state index in [0.29, 0.717) is 19.6 Å². The molecule has 2 rings (SSSR count). The number of rotatable bonds is 9. The van der Waals surface area contributed by atoms with E-state index in [2.05, 4.69) is 20.9 Å². The van der Waals surface area contributed by atoms with Crippen molar-refractivity contribution in [3.05, 3.63) is 30.3 Å². The predicted octanol–water partition coefficient (Wildman–Crippen LogP) is 1.54. The highest BCUT2D eigenvalue weighted by molar-refractivity contribution is 5.81. The van der Waals surface area contributed by atoms with Gasteiger partial charge in [0.2, 0.25) is 5.91 Å². The molecule has 1 atom stereocenters. The van der Waals surface area contributed by atoms with E-state index in [0.717, 1.165) is 31.1 Å². The van der Waals surface area contributed by atoms with Crippen LogP contribution in [0.15, 0.2) is 35.3 Å². The molecule has 0 aromatic heterocycles. The Morgan fingerprint density at radius 3 is 2.58 bits per heavy atom. The van der Waals surface area contributed by atoms with Crippen molar-refractivity contribution in [2.24, 2.45) is 10.9 Å². The van der Waals surface area contributed by atoms with Crippen molar-refractivity contribution in [3.63, 3.8) is 0 Å². The van der Waals surface area contributed by atoms with Gasteiger partial charge in [0.05, 0.1) is 6.54 Å². The van der Waals surface area contributed by atoms with Gasteiger partial charge in [-0.05, 0) is 38.8 Å². The molecule has 1 aromatic rings. The largest absolute Gasteiger partial charge is 0.489 e. The number of para-hydroxylation sites is 1.